The number of pyridine rings is 1. The van der Waals surface area contributed by atoms with Crippen molar-refractivity contribution in [2.45, 2.75) is 6.54 Å². The maximum Gasteiger partial charge on any atom is 0.209 e. The van der Waals surface area contributed by atoms with Crippen molar-refractivity contribution in [3.63, 3.8) is 0 Å². The number of anilines is 1. The van der Waals surface area contributed by atoms with E-state index in [9.17, 15) is 0 Å². The molecule has 0 spiro atoms. The zero-order chi connectivity index (χ0) is 18.6. The van der Waals surface area contributed by atoms with Crippen LogP contribution in [-0.2, 0) is 6.54 Å². The molecule has 0 aliphatic heterocycles. The Balaban J connectivity index is 1.72. The lowest BCUT2D eigenvalue weighted by Crippen LogP contribution is -2.07. The molecule has 0 saturated carbocycles. The van der Waals surface area contributed by atoms with Crippen LogP contribution in [0.1, 0.15) is 5.56 Å². The average Bonchev–Trinajstić information content (AvgIpc) is 3.21. The van der Waals surface area contributed by atoms with Gasteiger partial charge in [-0.05, 0) is 35.9 Å². The molecule has 136 valence electrons. The van der Waals surface area contributed by atoms with Crippen LogP contribution in [0.15, 0.2) is 61.2 Å². The number of aromatic nitrogens is 4. The number of imidazole rings is 1. The Morgan fingerprint density at radius 2 is 1.78 bits per heavy atom. The van der Waals surface area contributed by atoms with Crippen molar-refractivity contribution in [1.29, 1.82) is 0 Å². The molecule has 1 aromatic carbocycles. The Morgan fingerprint density at radius 3 is 2.56 bits per heavy atom. The highest BCUT2D eigenvalue weighted by Gasteiger charge is 2.11. The fourth-order valence-corrected chi connectivity index (χ4v) is 2.87. The number of hydrogen-bond acceptors (Lipinski definition) is 6. The smallest absolute Gasteiger partial charge is 0.209 e. The van der Waals surface area contributed by atoms with Crippen LogP contribution in [-0.4, -0.2) is 33.6 Å². The molecule has 0 aliphatic carbocycles. The van der Waals surface area contributed by atoms with Crippen LogP contribution >= 0.6 is 0 Å². The molecular weight excluding hydrogens is 342 g/mol. The SMILES string of the molecule is COc1ccc(-c2cc3nccn3c(NCc3ccncc3)n2)cc1OC. The minimum absolute atomic E-state index is 0.637. The van der Waals surface area contributed by atoms with Crippen LogP contribution in [0.3, 0.4) is 0 Å². The molecule has 7 heteroatoms. The van der Waals surface area contributed by atoms with Crippen LogP contribution in [0.4, 0.5) is 5.95 Å². The fraction of sp³-hybridized carbons (Fsp3) is 0.150. The number of hydrogen-bond donors (Lipinski definition) is 1. The minimum atomic E-state index is 0.637. The second-order valence-corrected chi connectivity index (χ2v) is 5.90. The predicted octanol–water partition coefficient (Wildman–Crippen LogP) is 3.42. The van der Waals surface area contributed by atoms with Gasteiger partial charge in [0.2, 0.25) is 5.95 Å². The molecule has 27 heavy (non-hydrogen) atoms. The largest absolute Gasteiger partial charge is 0.493 e. The standard InChI is InChI=1S/C20H19N5O2/c1-26-17-4-3-15(11-18(17)27-2)16-12-19-22-9-10-25(19)20(24-16)23-13-14-5-7-21-8-6-14/h3-12H,13H2,1-2H3,(H,23,24). The number of benzene rings is 1. The summed E-state index contributed by atoms with van der Waals surface area (Å²) in [5, 5.41) is 3.38. The molecular formula is C20H19N5O2. The van der Waals surface area contributed by atoms with Gasteiger partial charge in [-0.3, -0.25) is 9.38 Å². The van der Waals surface area contributed by atoms with Gasteiger partial charge in [-0.15, -0.1) is 0 Å². The molecule has 0 amide bonds. The summed E-state index contributed by atoms with van der Waals surface area (Å²) in [6.45, 7) is 0.637. The van der Waals surface area contributed by atoms with E-state index in [0.29, 0.717) is 24.0 Å². The van der Waals surface area contributed by atoms with Crippen molar-refractivity contribution in [3.8, 4) is 22.8 Å². The summed E-state index contributed by atoms with van der Waals surface area (Å²) in [6, 6.07) is 11.6. The second kappa shape index (κ2) is 7.33. The average molecular weight is 361 g/mol. The van der Waals surface area contributed by atoms with E-state index < -0.39 is 0 Å². The number of nitrogens with one attached hydrogen (secondary N) is 1. The van der Waals surface area contributed by atoms with E-state index in [1.807, 2.05) is 47.0 Å². The lowest BCUT2D eigenvalue weighted by Gasteiger charge is -2.12. The lowest BCUT2D eigenvalue weighted by atomic mass is 10.1. The van der Waals surface area contributed by atoms with Crippen molar-refractivity contribution in [3.05, 3.63) is 66.7 Å². The first-order chi connectivity index (χ1) is 13.3. The summed E-state index contributed by atoms with van der Waals surface area (Å²) in [4.78, 5) is 13.2. The van der Waals surface area contributed by atoms with Gasteiger partial charge in [-0.25, -0.2) is 9.97 Å². The highest BCUT2D eigenvalue weighted by atomic mass is 16.5. The van der Waals surface area contributed by atoms with Gasteiger partial charge in [0.25, 0.3) is 0 Å². The first-order valence-electron chi connectivity index (χ1n) is 8.48. The van der Waals surface area contributed by atoms with Gasteiger partial charge >= 0.3 is 0 Å². The first kappa shape index (κ1) is 16.8. The maximum atomic E-state index is 5.41. The number of methoxy groups -OCH3 is 2. The summed E-state index contributed by atoms with van der Waals surface area (Å²) < 4.78 is 12.7. The van der Waals surface area contributed by atoms with Gasteiger partial charge in [0.1, 0.15) is 5.65 Å². The Kier molecular flexibility index (Phi) is 4.57. The Bertz CT molecular complexity index is 1060. The molecule has 3 aromatic heterocycles. The van der Waals surface area contributed by atoms with E-state index >= 15 is 0 Å². The highest BCUT2D eigenvalue weighted by Crippen LogP contribution is 2.32. The summed E-state index contributed by atoms with van der Waals surface area (Å²) >= 11 is 0. The van der Waals surface area contributed by atoms with E-state index in [1.54, 1.807) is 32.8 Å². The predicted molar refractivity (Wildman–Crippen MR) is 103 cm³/mol. The van der Waals surface area contributed by atoms with Gasteiger partial charge in [0, 0.05) is 43.0 Å². The molecule has 0 unspecified atom stereocenters. The van der Waals surface area contributed by atoms with E-state index in [1.165, 1.54) is 0 Å². The molecule has 4 rings (SSSR count). The Hall–Kier alpha value is -3.61. The number of fused-ring (bicyclic) bond motifs is 1. The van der Waals surface area contributed by atoms with Crippen LogP contribution in [0.5, 0.6) is 11.5 Å². The molecule has 0 bridgehead atoms. The molecule has 0 radical (unpaired) electrons. The van der Waals surface area contributed by atoms with Crippen molar-refractivity contribution in [2.24, 2.45) is 0 Å². The van der Waals surface area contributed by atoms with Crippen molar-refractivity contribution >= 4 is 11.6 Å². The second-order valence-electron chi connectivity index (χ2n) is 5.90. The topological polar surface area (TPSA) is 73.6 Å². The van der Waals surface area contributed by atoms with Crippen molar-refractivity contribution in [2.75, 3.05) is 19.5 Å². The fourth-order valence-electron chi connectivity index (χ4n) is 2.87. The van der Waals surface area contributed by atoms with Gasteiger partial charge < -0.3 is 14.8 Å². The molecule has 0 saturated heterocycles. The van der Waals surface area contributed by atoms with Crippen molar-refractivity contribution < 1.29 is 9.47 Å². The summed E-state index contributed by atoms with van der Waals surface area (Å²) in [7, 11) is 3.24. The minimum Gasteiger partial charge on any atom is -0.493 e. The van der Waals surface area contributed by atoms with Gasteiger partial charge in [-0.1, -0.05) is 0 Å². The van der Waals surface area contributed by atoms with Crippen molar-refractivity contribution in [1.82, 2.24) is 19.4 Å². The molecule has 1 N–H and O–H groups in total. The Labute approximate surface area is 156 Å². The van der Waals surface area contributed by atoms with Gasteiger partial charge in [0.05, 0.1) is 19.9 Å². The van der Waals surface area contributed by atoms with Crippen LogP contribution < -0.4 is 14.8 Å². The third-order valence-electron chi connectivity index (χ3n) is 4.27. The van der Waals surface area contributed by atoms with Crippen LogP contribution in [0.25, 0.3) is 16.9 Å². The molecule has 3 heterocycles. The number of rotatable bonds is 6. The monoisotopic (exact) mass is 361 g/mol. The highest BCUT2D eigenvalue weighted by molar-refractivity contribution is 5.68. The molecule has 0 fully saturated rings. The Morgan fingerprint density at radius 1 is 0.963 bits per heavy atom. The quantitative estimate of drug-likeness (QED) is 0.567. The lowest BCUT2D eigenvalue weighted by molar-refractivity contribution is 0.355. The van der Waals surface area contributed by atoms with E-state index in [4.69, 9.17) is 14.5 Å². The van der Waals surface area contributed by atoms with Crippen LogP contribution in [0, 0.1) is 0 Å². The maximum absolute atomic E-state index is 5.41. The number of ether oxygens (including phenoxy) is 2. The molecule has 0 atom stereocenters. The summed E-state index contributed by atoms with van der Waals surface area (Å²) in [5.74, 6) is 2.05. The zero-order valence-corrected chi connectivity index (χ0v) is 15.1. The van der Waals surface area contributed by atoms with Crippen LogP contribution in [0.2, 0.25) is 0 Å². The third kappa shape index (κ3) is 3.39. The normalized spacial score (nSPS) is 10.7. The van der Waals surface area contributed by atoms with E-state index in [-0.39, 0.29) is 0 Å². The number of nitrogens with zero attached hydrogens (tertiary/aromatic N) is 4. The van der Waals surface area contributed by atoms with Gasteiger partial charge in [-0.2, -0.15) is 0 Å². The summed E-state index contributed by atoms with van der Waals surface area (Å²) in [6.07, 6.45) is 7.19. The molecule has 4 aromatic rings. The zero-order valence-electron chi connectivity index (χ0n) is 15.1. The first-order valence-corrected chi connectivity index (χ1v) is 8.48. The van der Waals surface area contributed by atoms with E-state index in [2.05, 4.69) is 15.3 Å². The van der Waals surface area contributed by atoms with Gasteiger partial charge in [0.15, 0.2) is 11.5 Å². The summed E-state index contributed by atoms with van der Waals surface area (Å²) in [5.41, 5.74) is 3.65. The van der Waals surface area contributed by atoms with E-state index in [0.717, 1.165) is 22.5 Å². The molecule has 7 nitrogen and oxygen atoms in total. The third-order valence-corrected chi connectivity index (χ3v) is 4.27. The molecule has 0 aliphatic rings.